The first kappa shape index (κ1) is 39.8. The van der Waals surface area contributed by atoms with Crippen molar-refractivity contribution in [2.75, 3.05) is 74.0 Å². The van der Waals surface area contributed by atoms with Gasteiger partial charge in [0.1, 0.15) is 11.6 Å². The van der Waals surface area contributed by atoms with Crippen molar-refractivity contribution in [1.29, 1.82) is 0 Å². The van der Waals surface area contributed by atoms with Gasteiger partial charge >= 0.3 is 6.03 Å². The number of piperazine rings is 2. The summed E-state index contributed by atoms with van der Waals surface area (Å²) in [6.07, 6.45) is -0.361. The van der Waals surface area contributed by atoms with Gasteiger partial charge in [-0.3, -0.25) is 24.6 Å². The summed E-state index contributed by atoms with van der Waals surface area (Å²) in [5, 5.41) is 24.0. The Labute approximate surface area is 345 Å². The summed E-state index contributed by atoms with van der Waals surface area (Å²) in [4.78, 5) is 63.0. The molecule has 1 unspecified atom stereocenters. The number of phenols is 1. The Morgan fingerprint density at radius 2 is 1.73 bits per heavy atom. The number of halogens is 3. The summed E-state index contributed by atoms with van der Waals surface area (Å²) in [5.41, 5.74) is 1.30. The van der Waals surface area contributed by atoms with Crippen LogP contribution in [0.5, 0.6) is 5.75 Å². The molecule has 0 bridgehead atoms. The molecule has 318 valence electrons. The number of alkyl halides is 2. The molecular weight excluding hydrogens is 782 g/mol. The molecule has 6 aliphatic heterocycles. The first-order valence-corrected chi connectivity index (χ1v) is 20.8. The van der Waals surface area contributed by atoms with Gasteiger partial charge in [-0.15, -0.1) is 10.2 Å². The molecule has 6 aliphatic rings. The van der Waals surface area contributed by atoms with Gasteiger partial charge in [0, 0.05) is 94.2 Å². The maximum atomic E-state index is 15.3. The highest BCUT2D eigenvalue weighted by Crippen LogP contribution is 2.43. The third kappa shape index (κ3) is 6.91. The number of aromatic nitrogens is 2. The molecule has 0 spiro atoms. The van der Waals surface area contributed by atoms with Gasteiger partial charge in [0.25, 0.3) is 12.3 Å². The lowest BCUT2D eigenvalue weighted by atomic mass is 9.90. The van der Waals surface area contributed by atoms with E-state index in [9.17, 15) is 28.7 Å². The van der Waals surface area contributed by atoms with Crippen molar-refractivity contribution in [2.24, 2.45) is 5.92 Å². The Balaban J connectivity index is 0.803. The molecule has 60 heavy (non-hydrogen) atoms. The molecular formula is C42H49F3N10O5. The van der Waals surface area contributed by atoms with E-state index in [0.29, 0.717) is 49.0 Å². The minimum absolute atomic E-state index is 0.0939. The van der Waals surface area contributed by atoms with Crippen molar-refractivity contribution in [3.8, 4) is 17.0 Å². The highest BCUT2D eigenvalue weighted by Gasteiger charge is 2.54. The minimum atomic E-state index is -2.83. The van der Waals surface area contributed by atoms with Gasteiger partial charge in [-0.25, -0.2) is 18.0 Å². The SMILES string of the molecule is C[C@@H]1CN(CC2CCN(c3ccc4c(c3)C(=O)N(C3CCC(=O)NC3=O)C4)CC2)C[C@H](C)N1C(=O)N1CCN2c3cc(-c4cccc(F)c4O)nnc3NC[C@]2(C(F)F)C1. The number of piperidine rings is 2. The number of hydrogen-bond donors (Lipinski definition) is 3. The number of phenolic OH excluding ortho intramolecular Hbond substituents is 1. The van der Waals surface area contributed by atoms with Gasteiger partial charge < -0.3 is 34.9 Å². The van der Waals surface area contributed by atoms with Crippen LogP contribution in [0.2, 0.25) is 0 Å². The number of para-hydroxylation sites is 1. The molecule has 15 nitrogen and oxygen atoms in total. The summed E-state index contributed by atoms with van der Waals surface area (Å²) in [6, 6.07) is 10.3. The second-order valence-corrected chi connectivity index (χ2v) is 17.2. The number of urea groups is 1. The van der Waals surface area contributed by atoms with Gasteiger partial charge in [0.15, 0.2) is 17.4 Å². The van der Waals surface area contributed by atoms with Gasteiger partial charge in [-0.05, 0) is 74.9 Å². The number of rotatable bonds is 6. The summed E-state index contributed by atoms with van der Waals surface area (Å²) in [5.74, 6) is -1.60. The molecule has 4 atom stereocenters. The summed E-state index contributed by atoms with van der Waals surface area (Å²) in [6.45, 7) is 8.20. The van der Waals surface area contributed by atoms with E-state index in [-0.39, 0.29) is 73.8 Å². The maximum absolute atomic E-state index is 15.3. The van der Waals surface area contributed by atoms with Crippen molar-refractivity contribution in [1.82, 2.24) is 35.1 Å². The zero-order valence-electron chi connectivity index (χ0n) is 33.6. The molecule has 3 aromatic rings. The molecule has 2 aromatic carbocycles. The molecule has 0 radical (unpaired) electrons. The third-order valence-electron chi connectivity index (χ3n) is 13.4. The number of carbonyl (C=O) groups is 4. The largest absolute Gasteiger partial charge is 0.504 e. The molecule has 9 rings (SSSR count). The molecule has 7 heterocycles. The zero-order chi connectivity index (χ0) is 42.0. The van der Waals surface area contributed by atoms with Crippen LogP contribution >= 0.6 is 0 Å². The molecule has 0 saturated carbocycles. The minimum Gasteiger partial charge on any atom is -0.504 e. The summed E-state index contributed by atoms with van der Waals surface area (Å²) >= 11 is 0. The van der Waals surface area contributed by atoms with Crippen LogP contribution in [-0.4, -0.2) is 148 Å². The Kier molecular flexibility index (Phi) is 10.2. The Bertz CT molecular complexity index is 2210. The van der Waals surface area contributed by atoms with Gasteiger partial charge in [-0.1, -0.05) is 12.1 Å². The first-order chi connectivity index (χ1) is 28.8. The average molecular weight is 831 g/mol. The van der Waals surface area contributed by atoms with Crippen molar-refractivity contribution in [2.45, 2.75) is 76.2 Å². The van der Waals surface area contributed by atoms with Crippen molar-refractivity contribution in [3.63, 3.8) is 0 Å². The number of carbonyl (C=O) groups excluding carboxylic acids is 4. The van der Waals surface area contributed by atoms with Crippen LogP contribution in [0.3, 0.4) is 0 Å². The van der Waals surface area contributed by atoms with E-state index in [4.69, 9.17) is 0 Å². The van der Waals surface area contributed by atoms with Crippen molar-refractivity contribution in [3.05, 3.63) is 59.4 Å². The second-order valence-electron chi connectivity index (χ2n) is 17.2. The van der Waals surface area contributed by atoms with Crippen LogP contribution < -0.4 is 20.4 Å². The lowest BCUT2D eigenvalue weighted by molar-refractivity contribution is -0.136. The van der Waals surface area contributed by atoms with E-state index in [1.807, 2.05) is 36.9 Å². The molecule has 3 N–H and O–H groups in total. The monoisotopic (exact) mass is 830 g/mol. The highest BCUT2D eigenvalue weighted by atomic mass is 19.3. The van der Waals surface area contributed by atoms with E-state index < -0.39 is 35.5 Å². The molecule has 4 saturated heterocycles. The molecule has 18 heteroatoms. The number of amides is 5. The maximum Gasteiger partial charge on any atom is 0.320 e. The van der Waals surface area contributed by atoms with Crippen molar-refractivity contribution < 1.29 is 37.5 Å². The lowest BCUT2D eigenvalue weighted by Crippen LogP contribution is -2.73. The fraction of sp³-hybridized carbons (Fsp3) is 0.524. The third-order valence-corrected chi connectivity index (χ3v) is 13.4. The fourth-order valence-electron chi connectivity index (χ4n) is 10.3. The predicted molar refractivity (Wildman–Crippen MR) is 215 cm³/mol. The number of benzene rings is 2. The van der Waals surface area contributed by atoms with E-state index in [1.54, 1.807) is 14.7 Å². The summed E-state index contributed by atoms with van der Waals surface area (Å²) < 4.78 is 44.7. The zero-order valence-corrected chi connectivity index (χ0v) is 33.6. The number of imide groups is 1. The van der Waals surface area contributed by atoms with Crippen LogP contribution in [-0.2, 0) is 16.1 Å². The van der Waals surface area contributed by atoms with Crippen LogP contribution in [0.1, 0.15) is 55.5 Å². The van der Waals surface area contributed by atoms with Gasteiger partial charge in [0.05, 0.1) is 17.9 Å². The number of anilines is 3. The lowest BCUT2D eigenvalue weighted by Gasteiger charge is -2.55. The average Bonchev–Trinajstić information content (AvgIpc) is 3.56. The number of aromatic hydroxyl groups is 1. The van der Waals surface area contributed by atoms with Crippen LogP contribution in [0.25, 0.3) is 11.3 Å². The quantitative estimate of drug-likeness (QED) is 0.311. The van der Waals surface area contributed by atoms with Crippen LogP contribution in [0.15, 0.2) is 42.5 Å². The molecule has 0 aliphatic carbocycles. The van der Waals surface area contributed by atoms with E-state index in [1.165, 1.54) is 18.2 Å². The second kappa shape index (κ2) is 15.4. The van der Waals surface area contributed by atoms with E-state index in [2.05, 4.69) is 30.6 Å². The van der Waals surface area contributed by atoms with Crippen LogP contribution in [0, 0.1) is 11.7 Å². The number of nitrogens with one attached hydrogen (secondary N) is 2. The molecule has 4 fully saturated rings. The fourth-order valence-corrected chi connectivity index (χ4v) is 10.3. The van der Waals surface area contributed by atoms with Gasteiger partial charge in [0.2, 0.25) is 11.8 Å². The van der Waals surface area contributed by atoms with E-state index in [0.717, 1.165) is 49.8 Å². The Hall–Kier alpha value is -5.65. The molecule has 1 aromatic heterocycles. The smallest absolute Gasteiger partial charge is 0.320 e. The number of hydrogen-bond acceptors (Lipinski definition) is 11. The topological polar surface area (TPSA) is 158 Å². The van der Waals surface area contributed by atoms with Gasteiger partial charge in [-0.2, -0.15) is 0 Å². The number of nitrogens with zero attached hydrogens (tertiary/aromatic N) is 8. The van der Waals surface area contributed by atoms with Crippen molar-refractivity contribution >= 4 is 40.9 Å². The Morgan fingerprint density at radius 3 is 2.47 bits per heavy atom. The predicted octanol–water partition coefficient (Wildman–Crippen LogP) is 3.73. The summed E-state index contributed by atoms with van der Waals surface area (Å²) in [7, 11) is 0. The highest BCUT2D eigenvalue weighted by molar-refractivity contribution is 6.05. The standard InChI is InChI=1S/C42H49F3N10O5/c1-24-18-50(20-26-10-12-51(13-11-26)28-7-6-27-21-53(39(59)30(27)16-28)33-8-9-35(56)47-38(33)58)19-25(2)55(24)41(60)52-14-15-54-34-17-32(29-4-3-5-31(43)36(29)57)48-49-37(34)46-22-42(54,23-52)40(44)45/h3-7,16-17,24-26,33,40,57H,8-15,18-23H2,1-2H3,(H,46,49)(H,47,56,58)/t24-,25+,33?,42-/m1/s1. The molecule has 5 amide bonds. The first-order valence-electron chi connectivity index (χ1n) is 20.8. The normalized spacial score (nSPS) is 26.2. The van der Waals surface area contributed by atoms with E-state index >= 15 is 8.78 Å². The Morgan fingerprint density at radius 1 is 0.967 bits per heavy atom. The number of fused-ring (bicyclic) bond motifs is 4. The van der Waals surface area contributed by atoms with Crippen LogP contribution in [0.4, 0.5) is 35.2 Å².